The summed E-state index contributed by atoms with van der Waals surface area (Å²) in [7, 11) is 1.59. The molecular formula is C14H20N4O. The first-order valence-electron chi connectivity index (χ1n) is 6.20. The van der Waals surface area contributed by atoms with Crippen LogP contribution in [-0.2, 0) is 6.42 Å². The third-order valence-electron chi connectivity index (χ3n) is 2.40. The predicted molar refractivity (Wildman–Crippen MR) is 78.0 cm³/mol. The highest BCUT2D eigenvalue weighted by atomic mass is 16.5. The van der Waals surface area contributed by atoms with Crippen molar-refractivity contribution in [1.82, 2.24) is 9.97 Å². The molecular weight excluding hydrogens is 240 g/mol. The highest BCUT2D eigenvalue weighted by Crippen LogP contribution is 2.16. The molecule has 0 atom stereocenters. The minimum absolute atomic E-state index is 0.421. The fourth-order valence-electron chi connectivity index (χ4n) is 1.53. The number of aromatic nitrogens is 2. The lowest BCUT2D eigenvalue weighted by atomic mass is 10.1. The van der Waals surface area contributed by atoms with Gasteiger partial charge in [0.05, 0.1) is 7.11 Å². The van der Waals surface area contributed by atoms with E-state index in [2.05, 4.69) is 9.97 Å². The van der Waals surface area contributed by atoms with Crippen LogP contribution in [0.2, 0.25) is 0 Å². The minimum Gasteiger partial charge on any atom is -0.481 e. The zero-order valence-corrected chi connectivity index (χ0v) is 11.6. The topological polar surface area (TPSA) is 87.0 Å². The van der Waals surface area contributed by atoms with Gasteiger partial charge in [-0.3, -0.25) is 0 Å². The maximum atomic E-state index is 5.79. The Labute approximate surface area is 113 Å². The molecule has 5 nitrogen and oxygen atoms in total. The van der Waals surface area contributed by atoms with Gasteiger partial charge in [0.25, 0.3) is 0 Å². The Kier molecular flexibility index (Phi) is 5.60. The van der Waals surface area contributed by atoms with Crippen LogP contribution in [0.3, 0.4) is 0 Å². The van der Waals surface area contributed by atoms with E-state index in [9.17, 15) is 0 Å². The van der Waals surface area contributed by atoms with E-state index in [0.29, 0.717) is 23.9 Å². The molecule has 2 aromatic rings. The first-order chi connectivity index (χ1) is 9.19. The minimum atomic E-state index is 0.421. The number of ether oxygens (including phenoxy) is 1. The molecule has 2 rings (SSSR count). The largest absolute Gasteiger partial charge is 0.481 e. The summed E-state index contributed by atoms with van der Waals surface area (Å²) >= 11 is 0. The summed E-state index contributed by atoms with van der Waals surface area (Å²) < 4.78 is 5.06. The molecule has 0 amide bonds. The summed E-state index contributed by atoms with van der Waals surface area (Å²) in [6.07, 6.45) is 0.607. The molecule has 0 aliphatic rings. The lowest BCUT2D eigenvalue weighted by molar-refractivity contribution is 0.396. The third-order valence-corrected chi connectivity index (χ3v) is 2.40. The van der Waals surface area contributed by atoms with Crippen LogP contribution in [0, 0.1) is 0 Å². The Morgan fingerprint density at radius 1 is 1.05 bits per heavy atom. The summed E-state index contributed by atoms with van der Waals surface area (Å²) in [6, 6.07) is 9.19. The van der Waals surface area contributed by atoms with Gasteiger partial charge in [0, 0.05) is 23.7 Å². The third kappa shape index (κ3) is 4.13. The Morgan fingerprint density at radius 3 is 2.42 bits per heavy atom. The summed E-state index contributed by atoms with van der Waals surface area (Å²) in [5.74, 6) is 1.45. The standard InChI is InChI=1S/C12H14N4O.C2H6/c1-17-11-4-2-3-9(15-11)7-8-5-6-10(13)16-12(8)14;1-2/h2-6H,7H2,1H3,(H4,13,14,16);1-2H3. The van der Waals surface area contributed by atoms with E-state index in [0.717, 1.165) is 11.3 Å². The van der Waals surface area contributed by atoms with Gasteiger partial charge in [-0.1, -0.05) is 26.0 Å². The number of hydrogen-bond acceptors (Lipinski definition) is 5. The lowest BCUT2D eigenvalue weighted by Crippen LogP contribution is -2.02. The van der Waals surface area contributed by atoms with E-state index in [-0.39, 0.29) is 0 Å². The highest BCUT2D eigenvalue weighted by Gasteiger charge is 2.04. The van der Waals surface area contributed by atoms with E-state index in [1.165, 1.54) is 0 Å². The number of nitrogens with two attached hydrogens (primary N) is 2. The monoisotopic (exact) mass is 260 g/mol. The molecule has 0 spiro atoms. The molecule has 0 radical (unpaired) electrons. The Hall–Kier alpha value is -2.30. The first-order valence-corrected chi connectivity index (χ1v) is 6.20. The van der Waals surface area contributed by atoms with Crippen LogP contribution < -0.4 is 16.2 Å². The molecule has 0 aromatic carbocycles. The van der Waals surface area contributed by atoms with Gasteiger partial charge < -0.3 is 16.2 Å². The molecule has 5 heteroatoms. The first kappa shape index (κ1) is 14.8. The number of pyridine rings is 2. The highest BCUT2D eigenvalue weighted by molar-refractivity contribution is 5.47. The second-order valence-electron chi connectivity index (χ2n) is 3.63. The van der Waals surface area contributed by atoms with E-state index in [1.54, 1.807) is 19.2 Å². The van der Waals surface area contributed by atoms with Crippen molar-refractivity contribution in [3.8, 4) is 5.88 Å². The predicted octanol–water partition coefficient (Wildman–Crippen LogP) is 2.27. The average molecular weight is 260 g/mol. The molecule has 2 heterocycles. The van der Waals surface area contributed by atoms with Crippen molar-refractivity contribution in [1.29, 1.82) is 0 Å². The van der Waals surface area contributed by atoms with E-state index >= 15 is 0 Å². The molecule has 0 bridgehead atoms. The molecule has 102 valence electrons. The number of hydrogen-bond donors (Lipinski definition) is 2. The summed E-state index contributed by atoms with van der Waals surface area (Å²) in [5.41, 5.74) is 13.1. The van der Waals surface area contributed by atoms with Gasteiger partial charge in [-0.25, -0.2) is 9.97 Å². The molecule has 0 aliphatic heterocycles. The normalized spacial score (nSPS) is 9.42. The van der Waals surface area contributed by atoms with Crippen LogP contribution >= 0.6 is 0 Å². The molecule has 0 unspecified atom stereocenters. The van der Waals surface area contributed by atoms with Crippen molar-refractivity contribution in [3.05, 3.63) is 41.6 Å². The van der Waals surface area contributed by atoms with E-state index in [1.807, 2.05) is 32.0 Å². The average Bonchev–Trinajstić information content (AvgIpc) is 2.44. The van der Waals surface area contributed by atoms with Gasteiger partial charge in [-0.2, -0.15) is 0 Å². The van der Waals surface area contributed by atoms with E-state index < -0.39 is 0 Å². The van der Waals surface area contributed by atoms with Crippen LogP contribution in [0.15, 0.2) is 30.3 Å². The Bertz CT molecular complexity index is 529. The van der Waals surface area contributed by atoms with Crippen molar-refractivity contribution in [2.24, 2.45) is 0 Å². The van der Waals surface area contributed by atoms with Crippen molar-refractivity contribution in [2.45, 2.75) is 20.3 Å². The maximum Gasteiger partial charge on any atom is 0.213 e. The molecule has 0 saturated heterocycles. The number of rotatable bonds is 3. The Balaban J connectivity index is 0.000000861. The van der Waals surface area contributed by atoms with Crippen LogP contribution in [0.4, 0.5) is 11.6 Å². The van der Waals surface area contributed by atoms with Gasteiger partial charge in [-0.15, -0.1) is 0 Å². The van der Waals surface area contributed by atoms with Crippen molar-refractivity contribution < 1.29 is 4.74 Å². The van der Waals surface area contributed by atoms with Crippen molar-refractivity contribution in [3.63, 3.8) is 0 Å². The zero-order valence-electron chi connectivity index (χ0n) is 11.6. The van der Waals surface area contributed by atoms with Crippen LogP contribution in [-0.4, -0.2) is 17.1 Å². The molecule has 0 aliphatic carbocycles. The number of methoxy groups -OCH3 is 1. The van der Waals surface area contributed by atoms with Crippen molar-refractivity contribution >= 4 is 11.6 Å². The molecule has 2 aromatic heterocycles. The number of nitrogen functional groups attached to an aromatic ring is 2. The van der Waals surface area contributed by atoms with Gasteiger partial charge in [0.2, 0.25) is 5.88 Å². The van der Waals surface area contributed by atoms with Gasteiger partial charge in [0.15, 0.2) is 0 Å². The molecule has 0 saturated carbocycles. The summed E-state index contributed by atoms with van der Waals surface area (Å²) in [4.78, 5) is 8.32. The van der Waals surface area contributed by atoms with Gasteiger partial charge in [0.1, 0.15) is 11.6 Å². The zero-order chi connectivity index (χ0) is 14.3. The Morgan fingerprint density at radius 2 is 1.79 bits per heavy atom. The SMILES string of the molecule is CC.COc1cccc(Cc2ccc(N)nc2N)n1. The number of nitrogens with zero attached hydrogens (tertiary/aromatic N) is 2. The number of anilines is 2. The quantitative estimate of drug-likeness (QED) is 0.884. The van der Waals surface area contributed by atoms with Crippen LogP contribution in [0.1, 0.15) is 25.1 Å². The van der Waals surface area contributed by atoms with Crippen LogP contribution in [0.5, 0.6) is 5.88 Å². The van der Waals surface area contributed by atoms with Gasteiger partial charge in [-0.05, 0) is 12.1 Å². The van der Waals surface area contributed by atoms with Gasteiger partial charge >= 0.3 is 0 Å². The lowest BCUT2D eigenvalue weighted by Gasteiger charge is -2.06. The van der Waals surface area contributed by atoms with E-state index in [4.69, 9.17) is 16.2 Å². The smallest absolute Gasteiger partial charge is 0.213 e. The summed E-state index contributed by atoms with van der Waals surface area (Å²) in [5, 5.41) is 0. The molecule has 19 heavy (non-hydrogen) atoms. The fraction of sp³-hybridized carbons (Fsp3) is 0.286. The van der Waals surface area contributed by atoms with Crippen LogP contribution in [0.25, 0.3) is 0 Å². The van der Waals surface area contributed by atoms with Crippen molar-refractivity contribution in [2.75, 3.05) is 18.6 Å². The molecule has 4 N–H and O–H groups in total. The second-order valence-corrected chi connectivity index (χ2v) is 3.63. The second kappa shape index (κ2) is 7.20. The fourth-order valence-corrected chi connectivity index (χ4v) is 1.53. The maximum absolute atomic E-state index is 5.79. The molecule has 0 fully saturated rings. The summed E-state index contributed by atoms with van der Waals surface area (Å²) in [6.45, 7) is 4.00.